The van der Waals surface area contributed by atoms with Crippen LogP contribution in [0, 0.1) is 0 Å². The van der Waals surface area contributed by atoms with Gasteiger partial charge in [-0.15, -0.1) is 11.3 Å². The quantitative estimate of drug-likeness (QED) is 0.279. The van der Waals surface area contributed by atoms with Gasteiger partial charge in [-0.1, -0.05) is 54.6 Å². The summed E-state index contributed by atoms with van der Waals surface area (Å²) in [6.07, 6.45) is 2.68. The number of hydrogen-bond donors (Lipinski definition) is 2. The highest BCUT2D eigenvalue weighted by molar-refractivity contribution is 9.10. The summed E-state index contributed by atoms with van der Waals surface area (Å²) >= 11 is 4.60. The van der Waals surface area contributed by atoms with Gasteiger partial charge in [-0.05, 0) is 77.3 Å². The molecular formula is C30H33BrN2O7S2. The van der Waals surface area contributed by atoms with Crippen molar-refractivity contribution in [3.63, 3.8) is 0 Å². The number of benzene rings is 2. The zero-order chi connectivity index (χ0) is 29.7. The third kappa shape index (κ3) is 7.41. The number of carboxylic acids is 1. The summed E-state index contributed by atoms with van der Waals surface area (Å²) in [6, 6.07) is 17.1. The molecule has 0 radical (unpaired) electrons. The molecule has 2 aromatic carbocycles. The molecule has 2 N–H and O–H groups in total. The smallest absolute Gasteiger partial charge is 0.349 e. The van der Waals surface area contributed by atoms with Gasteiger partial charge >= 0.3 is 11.9 Å². The van der Waals surface area contributed by atoms with Gasteiger partial charge in [0.05, 0.1) is 15.1 Å². The Labute approximate surface area is 258 Å². The second-order valence-corrected chi connectivity index (χ2v) is 14.3. The maximum atomic E-state index is 13.0. The molecule has 2 aliphatic rings. The summed E-state index contributed by atoms with van der Waals surface area (Å²) < 4.78 is 39.2. The van der Waals surface area contributed by atoms with Crippen molar-refractivity contribution in [3.8, 4) is 16.2 Å². The highest BCUT2D eigenvalue weighted by Gasteiger charge is 2.30. The summed E-state index contributed by atoms with van der Waals surface area (Å²) in [4.78, 5) is 25.1. The first-order chi connectivity index (χ1) is 20.2. The van der Waals surface area contributed by atoms with Crippen LogP contribution < -0.4 is 10.1 Å². The van der Waals surface area contributed by atoms with Gasteiger partial charge in [0.15, 0.2) is 17.2 Å². The minimum absolute atomic E-state index is 0.00567. The summed E-state index contributed by atoms with van der Waals surface area (Å²) in [7, 11) is -3.41. The van der Waals surface area contributed by atoms with Gasteiger partial charge in [0, 0.05) is 13.1 Å². The third-order valence-corrected chi connectivity index (χ3v) is 11.7. The molecule has 0 unspecified atom stereocenters. The van der Waals surface area contributed by atoms with E-state index in [2.05, 4.69) is 21.2 Å². The Balaban J connectivity index is 1.26. The standard InChI is InChI=1S/C30H33BrN2O7S2/c31-26-27(39-18-25(34)40-24-9-13-32-14-10-24)29(30(35)36)41-28(26)23-8-4-7-22(17-23)21-11-15-33(16-12-21)42(37,38)19-20-5-2-1-3-6-20/h1-8,17,21,24,32H,9-16,18-19H2,(H,35,36). The average molecular weight is 678 g/mol. The van der Waals surface area contributed by atoms with Gasteiger partial charge in [-0.25, -0.2) is 22.3 Å². The number of aromatic carboxylic acids is 1. The van der Waals surface area contributed by atoms with Crippen LogP contribution in [0.5, 0.6) is 5.75 Å². The molecule has 3 aromatic rings. The number of hydrogen-bond acceptors (Lipinski definition) is 8. The number of esters is 1. The second-order valence-electron chi connectivity index (χ2n) is 10.5. The maximum absolute atomic E-state index is 13.0. The summed E-state index contributed by atoms with van der Waals surface area (Å²) in [5, 5.41) is 13.1. The molecule has 1 aromatic heterocycles. The molecule has 9 nitrogen and oxygen atoms in total. The molecule has 0 amide bonds. The van der Waals surface area contributed by atoms with E-state index in [-0.39, 0.29) is 35.0 Å². The van der Waals surface area contributed by atoms with Gasteiger partial charge in [0.25, 0.3) is 0 Å². The largest absolute Gasteiger partial charge is 0.479 e. The molecule has 3 heterocycles. The lowest BCUT2D eigenvalue weighted by Gasteiger charge is -2.31. The fraction of sp³-hybridized carbons (Fsp3) is 0.400. The second kappa shape index (κ2) is 13.7. The number of nitrogens with zero attached hydrogens (tertiary/aromatic N) is 1. The Kier molecular flexibility index (Phi) is 10.00. The van der Waals surface area contributed by atoms with Crippen molar-refractivity contribution >= 4 is 49.2 Å². The number of halogens is 1. The van der Waals surface area contributed by atoms with Crippen LogP contribution in [-0.2, 0) is 25.3 Å². The van der Waals surface area contributed by atoms with Crippen molar-refractivity contribution in [1.82, 2.24) is 9.62 Å². The molecule has 0 spiro atoms. The lowest BCUT2D eigenvalue weighted by Crippen LogP contribution is -2.38. The maximum Gasteiger partial charge on any atom is 0.349 e. The number of nitrogens with one attached hydrogen (secondary N) is 1. The summed E-state index contributed by atoms with van der Waals surface area (Å²) in [6.45, 7) is 2.08. The van der Waals surface area contributed by atoms with Gasteiger partial charge in [0.1, 0.15) is 6.10 Å². The van der Waals surface area contributed by atoms with Gasteiger partial charge in [-0.3, -0.25) is 0 Å². The molecule has 0 aliphatic carbocycles. The van der Waals surface area contributed by atoms with Crippen molar-refractivity contribution in [1.29, 1.82) is 0 Å². The minimum atomic E-state index is -3.41. The normalized spacial score (nSPS) is 17.2. The Morgan fingerprint density at radius 1 is 1.02 bits per heavy atom. The van der Waals surface area contributed by atoms with Crippen LogP contribution in [0.3, 0.4) is 0 Å². The fourth-order valence-electron chi connectivity index (χ4n) is 5.39. The average Bonchev–Trinajstić information content (AvgIpc) is 3.33. The van der Waals surface area contributed by atoms with E-state index in [0.29, 0.717) is 35.3 Å². The van der Waals surface area contributed by atoms with Crippen LogP contribution in [0.25, 0.3) is 10.4 Å². The van der Waals surface area contributed by atoms with E-state index in [0.717, 1.165) is 54.0 Å². The Hall–Kier alpha value is -2.77. The Morgan fingerprint density at radius 3 is 2.43 bits per heavy atom. The first kappa shape index (κ1) is 30.7. The Bertz CT molecular complexity index is 1510. The summed E-state index contributed by atoms with van der Waals surface area (Å²) in [5.74, 6) is -1.41. The topological polar surface area (TPSA) is 122 Å². The van der Waals surface area contributed by atoms with Gasteiger partial charge in [-0.2, -0.15) is 0 Å². The number of carbonyl (C=O) groups excluding carboxylic acids is 1. The van der Waals surface area contributed by atoms with E-state index in [9.17, 15) is 23.1 Å². The summed E-state index contributed by atoms with van der Waals surface area (Å²) in [5.41, 5.74) is 2.66. The zero-order valence-electron chi connectivity index (χ0n) is 23.0. The van der Waals surface area contributed by atoms with Crippen molar-refractivity contribution in [3.05, 3.63) is 75.1 Å². The Morgan fingerprint density at radius 2 is 1.74 bits per heavy atom. The van der Waals surface area contributed by atoms with E-state index in [1.165, 1.54) is 0 Å². The van der Waals surface area contributed by atoms with Crippen LogP contribution in [0.4, 0.5) is 0 Å². The van der Waals surface area contributed by atoms with Crippen molar-refractivity contribution in [2.24, 2.45) is 0 Å². The van der Waals surface area contributed by atoms with E-state index in [1.807, 2.05) is 54.6 Å². The molecule has 0 bridgehead atoms. The first-order valence-corrected chi connectivity index (χ1v) is 17.1. The van der Waals surface area contributed by atoms with Crippen LogP contribution in [0.2, 0.25) is 0 Å². The van der Waals surface area contributed by atoms with Crippen LogP contribution >= 0.6 is 27.3 Å². The molecule has 5 rings (SSSR count). The molecule has 2 fully saturated rings. The van der Waals surface area contributed by atoms with Crippen molar-refractivity contribution < 1.29 is 32.6 Å². The zero-order valence-corrected chi connectivity index (χ0v) is 26.2. The first-order valence-electron chi connectivity index (χ1n) is 13.9. The van der Waals surface area contributed by atoms with Crippen LogP contribution in [-0.4, -0.2) is 68.7 Å². The van der Waals surface area contributed by atoms with E-state index in [4.69, 9.17) is 9.47 Å². The molecule has 42 heavy (non-hydrogen) atoms. The highest BCUT2D eigenvalue weighted by atomic mass is 79.9. The fourth-order valence-corrected chi connectivity index (χ4v) is 8.84. The van der Waals surface area contributed by atoms with E-state index < -0.39 is 22.0 Å². The SMILES string of the molecule is O=C(COc1c(C(=O)O)sc(-c2cccc(C3CCN(S(=O)(=O)Cc4ccccc4)CC3)c2)c1Br)OC1CCNCC1. The minimum Gasteiger partial charge on any atom is -0.479 e. The number of rotatable bonds is 10. The van der Waals surface area contributed by atoms with Crippen LogP contribution in [0.1, 0.15) is 52.4 Å². The molecule has 12 heteroatoms. The van der Waals surface area contributed by atoms with Crippen LogP contribution in [0.15, 0.2) is 59.1 Å². The highest BCUT2D eigenvalue weighted by Crippen LogP contribution is 2.46. The van der Waals surface area contributed by atoms with Crippen molar-refractivity contribution in [2.75, 3.05) is 32.8 Å². The predicted octanol–water partition coefficient (Wildman–Crippen LogP) is 5.26. The molecular weight excluding hydrogens is 644 g/mol. The van der Waals surface area contributed by atoms with Crippen molar-refractivity contribution in [2.45, 2.75) is 43.5 Å². The number of carboxylic acid groups (broad SMARTS) is 1. The van der Waals surface area contributed by atoms with Gasteiger partial charge < -0.3 is 19.9 Å². The van der Waals surface area contributed by atoms with Gasteiger partial charge in [0.2, 0.25) is 10.0 Å². The number of thiophene rings is 1. The predicted molar refractivity (Wildman–Crippen MR) is 165 cm³/mol. The monoisotopic (exact) mass is 676 g/mol. The number of piperidine rings is 2. The molecule has 224 valence electrons. The number of ether oxygens (including phenoxy) is 2. The lowest BCUT2D eigenvalue weighted by molar-refractivity contribution is -0.152. The lowest BCUT2D eigenvalue weighted by atomic mass is 9.89. The third-order valence-electron chi connectivity index (χ3n) is 7.58. The van der Waals surface area contributed by atoms with E-state index >= 15 is 0 Å². The molecule has 2 saturated heterocycles. The molecule has 0 atom stereocenters. The molecule has 0 saturated carbocycles. The molecule has 2 aliphatic heterocycles. The van der Waals surface area contributed by atoms with E-state index in [1.54, 1.807) is 4.31 Å². The number of carbonyl (C=O) groups is 2. The number of sulfonamides is 1.